The van der Waals surface area contributed by atoms with Crippen molar-refractivity contribution in [3.05, 3.63) is 40.7 Å². The van der Waals surface area contributed by atoms with Gasteiger partial charge in [-0.2, -0.15) is 0 Å². The number of carbonyl (C=O) groups is 1. The van der Waals surface area contributed by atoms with Gasteiger partial charge in [0.2, 0.25) is 0 Å². The molecule has 0 atom stereocenters. The molecule has 1 aromatic carbocycles. The van der Waals surface area contributed by atoms with Crippen LogP contribution < -0.4 is 5.56 Å². The van der Waals surface area contributed by atoms with Crippen molar-refractivity contribution in [2.75, 3.05) is 6.61 Å². The van der Waals surface area contributed by atoms with Crippen molar-refractivity contribution in [2.45, 2.75) is 26.3 Å². The number of carbonyl (C=O) groups excluding carboxylic acids is 1. The Balaban J connectivity index is 2.19. The lowest BCUT2D eigenvalue weighted by atomic mass is 10.2. The number of nitrogens with zero attached hydrogens (tertiary/aromatic N) is 2. The van der Waals surface area contributed by atoms with Crippen LogP contribution in [0.5, 0.6) is 0 Å². The highest BCUT2D eigenvalue weighted by molar-refractivity contribution is 5.77. The number of fused-ring (bicyclic) bond motifs is 1. The molecule has 20 heavy (non-hydrogen) atoms. The van der Waals surface area contributed by atoms with Crippen LogP contribution in [-0.4, -0.2) is 22.1 Å². The summed E-state index contributed by atoms with van der Waals surface area (Å²) in [5.41, 5.74) is -0.118. The summed E-state index contributed by atoms with van der Waals surface area (Å²) in [7, 11) is 0. The van der Waals surface area contributed by atoms with E-state index in [2.05, 4.69) is 4.98 Å². The Kier molecular flexibility index (Phi) is 4.45. The molecule has 0 aliphatic rings. The van der Waals surface area contributed by atoms with Crippen LogP contribution in [-0.2, 0) is 16.1 Å². The van der Waals surface area contributed by atoms with Gasteiger partial charge < -0.3 is 4.74 Å². The lowest BCUT2D eigenvalue weighted by Crippen LogP contribution is -2.25. The topological polar surface area (TPSA) is 61.2 Å². The molecule has 106 valence electrons. The Morgan fingerprint density at radius 1 is 1.45 bits per heavy atom. The second-order valence-corrected chi connectivity index (χ2v) is 4.41. The summed E-state index contributed by atoms with van der Waals surface area (Å²) in [4.78, 5) is 27.6. The van der Waals surface area contributed by atoms with Gasteiger partial charge >= 0.3 is 5.97 Å². The summed E-state index contributed by atoms with van der Waals surface area (Å²) in [6.07, 6.45) is 2.94. The van der Waals surface area contributed by atoms with Crippen molar-refractivity contribution < 1.29 is 13.9 Å². The fraction of sp³-hybridized carbons (Fsp3) is 0.357. The Morgan fingerprint density at radius 2 is 2.25 bits per heavy atom. The zero-order chi connectivity index (χ0) is 14.5. The van der Waals surface area contributed by atoms with Crippen molar-refractivity contribution in [2.24, 2.45) is 0 Å². The number of rotatable bonds is 5. The molecule has 0 unspecified atom stereocenters. The highest BCUT2D eigenvalue weighted by atomic mass is 19.1. The number of benzene rings is 1. The van der Waals surface area contributed by atoms with E-state index in [1.807, 2.05) is 6.92 Å². The van der Waals surface area contributed by atoms with Gasteiger partial charge in [0.15, 0.2) is 0 Å². The van der Waals surface area contributed by atoms with Crippen molar-refractivity contribution in [3.63, 3.8) is 0 Å². The van der Waals surface area contributed by atoms with Crippen molar-refractivity contribution in [1.82, 2.24) is 9.55 Å². The number of unbranched alkanes of at least 4 members (excludes halogenated alkanes) is 1. The maximum Gasteiger partial charge on any atom is 0.326 e. The predicted octanol–water partition coefficient (Wildman–Crippen LogP) is 1.88. The van der Waals surface area contributed by atoms with Crippen molar-refractivity contribution in [1.29, 1.82) is 0 Å². The van der Waals surface area contributed by atoms with Crippen LogP contribution in [0, 0.1) is 5.82 Å². The second kappa shape index (κ2) is 6.27. The third-order valence-electron chi connectivity index (χ3n) is 2.85. The molecule has 0 N–H and O–H groups in total. The molecular weight excluding hydrogens is 263 g/mol. The van der Waals surface area contributed by atoms with Crippen LogP contribution in [0.1, 0.15) is 19.8 Å². The van der Waals surface area contributed by atoms with E-state index in [1.165, 1.54) is 24.5 Å². The fourth-order valence-electron chi connectivity index (χ4n) is 1.76. The highest BCUT2D eigenvalue weighted by Gasteiger charge is 2.09. The molecule has 0 aliphatic heterocycles. The number of ether oxygens (including phenoxy) is 1. The number of esters is 1. The van der Waals surface area contributed by atoms with Gasteiger partial charge in [0.05, 0.1) is 23.8 Å². The maximum absolute atomic E-state index is 13.0. The summed E-state index contributed by atoms with van der Waals surface area (Å²) < 4.78 is 19.2. The predicted molar refractivity (Wildman–Crippen MR) is 71.8 cm³/mol. The van der Waals surface area contributed by atoms with Crippen molar-refractivity contribution in [3.8, 4) is 0 Å². The number of aromatic nitrogens is 2. The lowest BCUT2D eigenvalue weighted by molar-refractivity contribution is -0.144. The molecule has 1 aromatic heterocycles. The molecule has 0 saturated carbocycles. The summed E-state index contributed by atoms with van der Waals surface area (Å²) in [6, 6.07) is 3.73. The van der Waals surface area contributed by atoms with E-state index in [-0.39, 0.29) is 23.0 Å². The standard InChI is InChI=1S/C14H15FN2O3/c1-2-3-6-20-13(18)8-17-9-16-12-7-10(15)4-5-11(12)14(17)19/h4-5,7,9H,2-3,6,8H2,1H3. The van der Waals surface area contributed by atoms with Crippen LogP contribution in [0.25, 0.3) is 10.9 Å². The van der Waals surface area contributed by atoms with Gasteiger partial charge in [-0.3, -0.25) is 14.2 Å². The van der Waals surface area contributed by atoms with Gasteiger partial charge in [-0.05, 0) is 18.6 Å². The number of hydrogen-bond acceptors (Lipinski definition) is 4. The molecule has 0 aliphatic carbocycles. The molecule has 0 spiro atoms. The molecule has 0 radical (unpaired) electrons. The van der Waals surface area contributed by atoms with E-state index < -0.39 is 11.8 Å². The van der Waals surface area contributed by atoms with Crippen LogP contribution in [0.4, 0.5) is 4.39 Å². The van der Waals surface area contributed by atoms with Crippen LogP contribution in [0.15, 0.2) is 29.3 Å². The van der Waals surface area contributed by atoms with Gasteiger partial charge in [0.25, 0.3) is 5.56 Å². The fourth-order valence-corrected chi connectivity index (χ4v) is 1.76. The minimum Gasteiger partial charge on any atom is -0.464 e. The molecule has 6 heteroatoms. The van der Waals surface area contributed by atoms with E-state index >= 15 is 0 Å². The van der Waals surface area contributed by atoms with Crippen LogP contribution in [0.3, 0.4) is 0 Å². The third-order valence-corrected chi connectivity index (χ3v) is 2.85. The average Bonchev–Trinajstić information content (AvgIpc) is 2.42. The number of halogens is 1. The van der Waals surface area contributed by atoms with Gasteiger partial charge in [-0.25, -0.2) is 9.37 Å². The molecule has 1 heterocycles. The van der Waals surface area contributed by atoms with Crippen LogP contribution >= 0.6 is 0 Å². The van der Waals surface area contributed by atoms with E-state index in [9.17, 15) is 14.0 Å². The number of hydrogen-bond donors (Lipinski definition) is 0. The lowest BCUT2D eigenvalue weighted by Gasteiger charge is -2.07. The Hall–Kier alpha value is -2.24. The van der Waals surface area contributed by atoms with Gasteiger partial charge in [0, 0.05) is 6.07 Å². The average molecular weight is 278 g/mol. The first-order valence-corrected chi connectivity index (χ1v) is 6.42. The molecule has 0 saturated heterocycles. The SMILES string of the molecule is CCCCOC(=O)Cn1cnc2cc(F)ccc2c1=O. The minimum atomic E-state index is -0.483. The first-order valence-electron chi connectivity index (χ1n) is 6.42. The summed E-state index contributed by atoms with van der Waals surface area (Å²) >= 11 is 0. The molecule has 0 bridgehead atoms. The normalized spacial score (nSPS) is 10.7. The van der Waals surface area contributed by atoms with Gasteiger partial charge in [-0.1, -0.05) is 13.3 Å². The Labute approximate surface area is 115 Å². The van der Waals surface area contributed by atoms with E-state index in [0.717, 1.165) is 17.4 Å². The minimum absolute atomic E-state index is 0.192. The summed E-state index contributed by atoms with van der Waals surface area (Å²) in [5, 5.41) is 0.273. The van der Waals surface area contributed by atoms with Gasteiger partial charge in [0.1, 0.15) is 12.4 Å². The summed E-state index contributed by atoms with van der Waals surface area (Å²) in [5.74, 6) is -0.940. The van der Waals surface area contributed by atoms with Crippen molar-refractivity contribution >= 4 is 16.9 Å². The molecule has 0 fully saturated rings. The van der Waals surface area contributed by atoms with E-state index in [4.69, 9.17) is 4.74 Å². The first-order chi connectivity index (χ1) is 9.61. The van der Waals surface area contributed by atoms with E-state index in [1.54, 1.807) is 0 Å². The molecule has 2 aromatic rings. The van der Waals surface area contributed by atoms with E-state index in [0.29, 0.717) is 6.61 Å². The monoisotopic (exact) mass is 278 g/mol. The van der Waals surface area contributed by atoms with Gasteiger partial charge in [-0.15, -0.1) is 0 Å². The van der Waals surface area contributed by atoms with Crippen LogP contribution in [0.2, 0.25) is 0 Å². The second-order valence-electron chi connectivity index (χ2n) is 4.41. The third kappa shape index (κ3) is 3.20. The maximum atomic E-state index is 13.0. The molecule has 5 nitrogen and oxygen atoms in total. The largest absolute Gasteiger partial charge is 0.464 e. The first kappa shape index (κ1) is 14.2. The Morgan fingerprint density at radius 3 is 3.00 bits per heavy atom. The molecular formula is C14H15FN2O3. The zero-order valence-electron chi connectivity index (χ0n) is 11.1. The highest BCUT2D eigenvalue weighted by Crippen LogP contribution is 2.08. The molecule has 2 rings (SSSR count). The summed E-state index contributed by atoms with van der Waals surface area (Å²) in [6.45, 7) is 2.14. The Bertz CT molecular complexity index is 682. The quantitative estimate of drug-likeness (QED) is 0.619. The zero-order valence-corrected chi connectivity index (χ0v) is 11.1. The molecule has 0 amide bonds. The smallest absolute Gasteiger partial charge is 0.326 e.